The quantitative estimate of drug-likeness (QED) is 0.782. The third-order valence-corrected chi connectivity index (χ3v) is 3.97. The second-order valence-corrected chi connectivity index (χ2v) is 5.18. The molecule has 0 aromatic heterocycles. The summed E-state index contributed by atoms with van der Waals surface area (Å²) in [7, 11) is 0. The first-order valence-electron chi connectivity index (χ1n) is 6.68. The minimum Gasteiger partial charge on any atom is -0.376 e. The summed E-state index contributed by atoms with van der Waals surface area (Å²) in [6.07, 6.45) is 3.86. The Morgan fingerprint density at radius 1 is 1.38 bits per heavy atom. The van der Waals surface area contributed by atoms with Crippen LogP contribution in [0.4, 0.5) is 0 Å². The van der Waals surface area contributed by atoms with Crippen molar-refractivity contribution in [2.75, 3.05) is 19.7 Å². The lowest BCUT2D eigenvalue weighted by Crippen LogP contribution is -2.62. The van der Waals surface area contributed by atoms with Crippen LogP contribution in [0.5, 0.6) is 0 Å². The number of nitrogens with two attached hydrogens (primary N) is 1. The summed E-state index contributed by atoms with van der Waals surface area (Å²) in [6.45, 7) is 11.5. The van der Waals surface area contributed by atoms with Gasteiger partial charge < -0.3 is 10.5 Å². The molecule has 3 nitrogen and oxygen atoms in total. The average Bonchev–Trinajstić information content (AvgIpc) is 2.30. The summed E-state index contributed by atoms with van der Waals surface area (Å²) < 4.78 is 5.70. The lowest BCUT2D eigenvalue weighted by molar-refractivity contribution is -0.0960. The van der Waals surface area contributed by atoms with Gasteiger partial charge in [-0.3, -0.25) is 4.90 Å². The Morgan fingerprint density at radius 2 is 2.06 bits per heavy atom. The predicted molar refractivity (Wildman–Crippen MR) is 68.6 cm³/mol. The normalized spacial score (nSPS) is 31.3. The molecule has 0 radical (unpaired) electrons. The molecule has 0 aromatic rings. The van der Waals surface area contributed by atoms with Crippen LogP contribution in [-0.4, -0.2) is 42.3 Å². The maximum Gasteiger partial charge on any atom is 0.0675 e. The van der Waals surface area contributed by atoms with Crippen molar-refractivity contribution in [1.29, 1.82) is 0 Å². The monoisotopic (exact) mass is 228 g/mol. The molecule has 0 aliphatic carbocycles. The SMILES string of the molecule is CCCC(CC)(CN)N1CC(C)OCC1C. The van der Waals surface area contributed by atoms with E-state index in [1.54, 1.807) is 0 Å². The van der Waals surface area contributed by atoms with Crippen LogP contribution >= 0.6 is 0 Å². The Kier molecular flexibility index (Phi) is 5.22. The second kappa shape index (κ2) is 5.99. The number of morpholine rings is 1. The van der Waals surface area contributed by atoms with E-state index < -0.39 is 0 Å². The fraction of sp³-hybridized carbons (Fsp3) is 1.00. The summed E-state index contributed by atoms with van der Waals surface area (Å²) in [4.78, 5) is 2.59. The largest absolute Gasteiger partial charge is 0.376 e. The molecule has 1 rings (SSSR count). The standard InChI is InChI=1S/C13H28N2O/c1-5-7-13(6-2,10-14)15-8-12(4)16-9-11(15)3/h11-12H,5-10,14H2,1-4H3. The van der Waals surface area contributed by atoms with Gasteiger partial charge in [0.2, 0.25) is 0 Å². The lowest BCUT2D eigenvalue weighted by Gasteiger charge is -2.50. The van der Waals surface area contributed by atoms with Crippen LogP contribution in [0.15, 0.2) is 0 Å². The van der Waals surface area contributed by atoms with Crippen LogP contribution in [-0.2, 0) is 4.74 Å². The van der Waals surface area contributed by atoms with Gasteiger partial charge in [0.15, 0.2) is 0 Å². The average molecular weight is 228 g/mol. The summed E-state index contributed by atoms with van der Waals surface area (Å²) in [5, 5.41) is 0. The maximum absolute atomic E-state index is 6.06. The molecule has 0 saturated carbocycles. The molecule has 1 aliphatic rings. The first-order valence-corrected chi connectivity index (χ1v) is 6.68. The zero-order chi connectivity index (χ0) is 12.2. The van der Waals surface area contributed by atoms with Gasteiger partial charge in [0.05, 0.1) is 12.7 Å². The van der Waals surface area contributed by atoms with Crippen molar-refractivity contribution in [3.63, 3.8) is 0 Å². The van der Waals surface area contributed by atoms with E-state index in [4.69, 9.17) is 10.5 Å². The Balaban J connectivity index is 2.82. The highest BCUT2D eigenvalue weighted by Crippen LogP contribution is 2.29. The minimum atomic E-state index is 0.187. The van der Waals surface area contributed by atoms with Crippen molar-refractivity contribution in [1.82, 2.24) is 4.90 Å². The zero-order valence-electron chi connectivity index (χ0n) is 11.3. The molecule has 1 aliphatic heterocycles. The van der Waals surface area contributed by atoms with Crippen molar-refractivity contribution in [3.05, 3.63) is 0 Å². The summed E-state index contributed by atoms with van der Waals surface area (Å²) in [5.41, 5.74) is 6.25. The molecule has 3 atom stereocenters. The van der Waals surface area contributed by atoms with E-state index in [-0.39, 0.29) is 5.54 Å². The maximum atomic E-state index is 6.06. The highest BCUT2D eigenvalue weighted by Gasteiger charge is 2.38. The van der Waals surface area contributed by atoms with E-state index in [9.17, 15) is 0 Å². The van der Waals surface area contributed by atoms with Crippen LogP contribution in [0.2, 0.25) is 0 Å². The fourth-order valence-corrected chi connectivity index (χ4v) is 2.92. The third-order valence-electron chi connectivity index (χ3n) is 3.97. The van der Waals surface area contributed by atoms with E-state index >= 15 is 0 Å². The lowest BCUT2D eigenvalue weighted by atomic mass is 9.86. The van der Waals surface area contributed by atoms with Gasteiger partial charge in [-0.1, -0.05) is 20.3 Å². The molecule has 3 unspecified atom stereocenters. The van der Waals surface area contributed by atoms with Crippen LogP contribution in [0.3, 0.4) is 0 Å². The summed E-state index contributed by atoms with van der Waals surface area (Å²) in [5.74, 6) is 0. The van der Waals surface area contributed by atoms with Gasteiger partial charge in [-0.2, -0.15) is 0 Å². The predicted octanol–water partition coefficient (Wildman–Crippen LogP) is 2.00. The van der Waals surface area contributed by atoms with Crippen LogP contribution in [0, 0.1) is 0 Å². The topological polar surface area (TPSA) is 38.5 Å². The summed E-state index contributed by atoms with van der Waals surface area (Å²) >= 11 is 0. The van der Waals surface area contributed by atoms with E-state index in [1.165, 1.54) is 12.8 Å². The van der Waals surface area contributed by atoms with Crippen LogP contribution < -0.4 is 5.73 Å². The van der Waals surface area contributed by atoms with Gasteiger partial charge in [-0.25, -0.2) is 0 Å². The third kappa shape index (κ3) is 2.76. The Morgan fingerprint density at radius 3 is 2.56 bits per heavy atom. The van der Waals surface area contributed by atoms with Gasteiger partial charge in [0.25, 0.3) is 0 Å². The Bertz CT molecular complexity index is 204. The van der Waals surface area contributed by atoms with E-state index in [0.717, 1.165) is 26.1 Å². The van der Waals surface area contributed by atoms with Crippen molar-refractivity contribution in [3.8, 4) is 0 Å². The molecule has 1 fully saturated rings. The minimum absolute atomic E-state index is 0.187. The van der Waals surface area contributed by atoms with Gasteiger partial charge in [0.1, 0.15) is 0 Å². The summed E-state index contributed by atoms with van der Waals surface area (Å²) in [6, 6.07) is 0.492. The zero-order valence-corrected chi connectivity index (χ0v) is 11.3. The van der Waals surface area contributed by atoms with Crippen molar-refractivity contribution >= 4 is 0 Å². The molecule has 1 heterocycles. The smallest absolute Gasteiger partial charge is 0.0675 e. The molecular weight excluding hydrogens is 200 g/mol. The number of nitrogens with zero attached hydrogens (tertiary/aromatic N) is 1. The molecule has 96 valence electrons. The number of rotatable bonds is 5. The Hall–Kier alpha value is -0.120. The van der Waals surface area contributed by atoms with E-state index in [0.29, 0.717) is 12.1 Å². The van der Waals surface area contributed by atoms with Crippen molar-refractivity contribution < 1.29 is 4.74 Å². The van der Waals surface area contributed by atoms with Gasteiger partial charge in [-0.15, -0.1) is 0 Å². The molecule has 2 N–H and O–H groups in total. The number of ether oxygens (including phenoxy) is 1. The van der Waals surface area contributed by atoms with Gasteiger partial charge in [-0.05, 0) is 26.7 Å². The van der Waals surface area contributed by atoms with E-state index in [2.05, 4.69) is 32.6 Å². The van der Waals surface area contributed by atoms with Crippen molar-refractivity contribution in [2.45, 2.75) is 64.6 Å². The molecule has 0 aromatic carbocycles. The highest BCUT2D eigenvalue weighted by atomic mass is 16.5. The molecular formula is C13H28N2O. The fourth-order valence-electron chi connectivity index (χ4n) is 2.92. The number of hydrogen-bond donors (Lipinski definition) is 1. The highest BCUT2D eigenvalue weighted by molar-refractivity contribution is 4.95. The van der Waals surface area contributed by atoms with E-state index in [1.807, 2.05) is 0 Å². The first-order chi connectivity index (χ1) is 7.59. The first kappa shape index (κ1) is 13.9. The molecule has 0 spiro atoms. The Labute approximate surface area is 100 Å². The molecule has 0 bridgehead atoms. The molecule has 3 heteroatoms. The van der Waals surface area contributed by atoms with Crippen LogP contribution in [0.1, 0.15) is 47.0 Å². The second-order valence-electron chi connectivity index (χ2n) is 5.18. The number of hydrogen-bond acceptors (Lipinski definition) is 3. The molecule has 0 amide bonds. The molecule has 16 heavy (non-hydrogen) atoms. The van der Waals surface area contributed by atoms with Gasteiger partial charge in [0, 0.05) is 24.7 Å². The van der Waals surface area contributed by atoms with Gasteiger partial charge >= 0.3 is 0 Å². The van der Waals surface area contributed by atoms with Crippen molar-refractivity contribution in [2.24, 2.45) is 5.73 Å². The van der Waals surface area contributed by atoms with Crippen LogP contribution in [0.25, 0.3) is 0 Å². The molecule has 1 saturated heterocycles.